The van der Waals surface area contributed by atoms with Crippen molar-refractivity contribution < 1.29 is 23.1 Å². The molecular weight excluding hydrogens is 448 g/mol. The summed E-state index contributed by atoms with van der Waals surface area (Å²) in [6, 6.07) is 8.81. The average Bonchev–Trinajstić information content (AvgIpc) is 3.01. The molecule has 1 aliphatic heterocycles. The summed E-state index contributed by atoms with van der Waals surface area (Å²) >= 11 is 1.21. The molecule has 1 aliphatic rings. The summed E-state index contributed by atoms with van der Waals surface area (Å²) < 4.78 is 32.3. The SMILES string of the molecule is CCOCCCN1C(=O)C(CC(=O)Nc2ccc(F)cc2F)SC1=Nc1cc(C)cc(C)c1. The maximum atomic E-state index is 13.9. The number of amides is 2. The summed E-state index contributed by atoms with van der Waals surface area (Å²) in [5, 5.41) is 2.25. The number of amidine groups is 1. The molecule has 2 aromatic rings. The van der Waals surface area contributed by atoms with Crippen molar-refractivity contribution in [2.24, 2.45) is 4.99 Å². The number of rotatable bonds is 9. The number of hydrogen-bond donors (Lipinski definition) is 1. The molecule has 1 fully saturated rings. The number of benzene rings is 2. The molecule has 33 heavy (non-hydrogen) atoms. The van der Waals surface area contributed by atoms with Crippen molar-refractivity contribution in [1.82, 2.24) is 4.90 Å². The Kier molecular flexibility index (Phi) is 8.57. The Balaban J connectivity index is 1.76. The minimum absolute atomic E-state index is 0.130. The van der Waals surface area contributed by atoms with Crippen LogP contribution in [0.15, 0.2) is 41.4 Å². The van der Waals surface area contributed by atoms with Crippen molar-refractivity contribution in [3.8, 4) is 0 Å². The van der Waals surface area contributed by atoms with Crippen molar-refractivity contribution >= 4 is 40.1 Å². The first-order valence-electron chi connectivity index (χ1n) is 10.7. The molecular formula is C24H27F2N3O3S. The van der Waals surface area contributed by atoms with Crippen LogP contribution in [-0.2, 0) is 14.3 Å². The highest BCUT2D eigenvalue weighted by Crippen LogP contribution is 2.32. The van der Waals surface area contributed by atoms with Crippen LogP contribution < -0.4 is 5.32 Å². The lowest BCUT2D eigenvalue weighted by atomic mass is 10.1. The highest BCUT2D eigenvalue weighted by atomic mass is 32.2. The quantitative estimate of drug-likeness (QED) is 0.520. The van der Waals surface area contributed by atoms with Gasteiger partial charge in [-0.3, -0.25) is 14.5 Å². The molecule has 176 valence electrons. The van der Waals surface area contributed by atoms with Gasteiger partial charge in [0.1, 0.15) is 16.9 Å². The second kappa shape index (κ2) is 11.4. The number of anilines is 1. The Morgan fingerprint density at radius 3 is 2.58 bits per heavy atom. The van der Waals surface area contributed by atoms with E-state index in [0.717, 1.165) is 28.9 Å². The fourth-order valence-electron chi connectivity index (χ4n) is 3.49. The van der Waals surface area contributed by atoms with Gasteiger partial charge in [0.15, 0.2) is 5.17 Å². The maximum absolute atomic E-state index is 13.9. The number of thioether (sulfide) groups is 1. The third kappa shape index (κ3) is 6.85. The molecule has 1 atom stereocenters. The molecule has 0 radical (unpaired) electrons. The summed E-state index contributed by atoms with van der Waals surface area (Å²) in [4.78, 5) is 31.8. The molecule has 1 N–H and O–H groups in total. The van der Waals surface area contributed by atoms with E-state index in [-0.39, 0.29) is 18.0 Å². The van der Waals surface area contributed by atoms with Crippen LogP contribution in [0, 0.1) is 25.5 Å². The van der Waals surface area contributed by atoms with Crippen molar-refractivity contribution in [3.63, 3.8) is 0 Å². The third-order valence-corrected chi connectivity index (χ3v) is 6.08. The van der Waals surface area contributed by atoms with Crippen LogP contribution in [0.3, 0.4) is 0 Å². The number of aryl methyl sites for hydroxylation is 2. The number of nitrogens with zero attached hydrogens (tertiary/aromatic N) is 2. The number of halogens is 2. The largest absolute Gasteiger partial charge is 0.382 e. The van der Waals surface area contributed by atoms with E-state index in [2.05, 4.69) is 10.3 Å². The summed E-state index contributed by atoms with van der Waals surface area (Å²) in [5.41, 5.74) is 2.72. The van der Waals surface area contributed by atoms with E-state index < -0.39 is 22.8 Å². The lowest BCUT2D eigenvalue weighted by molar-refractivity contribution is -0.128. The molecule has 0 bridgehead atoms. The highest BCUT2D eigenvalue weighted by molar-refractivity contribution is 8.15. The van der Waals surface area contributed by atoms with Crippen LogP contribution in [0.4, 0.5) is 20.2 Å². The van der Waals surface area contributed by atoms with E-state index in [0.29, 0.717) is 37.4 Å². The van der Waals surface area contributed by atoms with Crippen LogP contribution in [-0.4, -0.2) is 46.9 Å². The lowest BCUT2D eigenvalue weighted by Crippen LogP contribution is -2.34. The Hall–Kier alpha value is -2.78. The van der Waals surface area contributed by atoms with E-state index in [9.17, 15) is 18.4 Å². The summed E-state index contributed by atoms with van der Waals surface area (Å²) in [6.07, 6.45) is 0.472. The van der Waals surface area contributed by atoms with Gasteiger partial charge in [-0.2, -0.15) is 0 Å². The van der Waals surface area contributed by atoms with Crippen molar-refractivity contribution in [2.75, 3.05) is 25.1 Å². The van der Waals surface area contributed by atoms with E-state index in [4.69, 9.17) is 4.74 Å². The summed E-state index contributed by atoms with van der Waals surface area (Å²) in [6.45, 7) is 7.38. The Labute approximate surface area is 196 Å². The van der Waals surface area contributed by atoms with Gasteiger partial charge in [0.2, 0.25) is 11.8 Å². The Morgan fingerprint density at radius 1 is 1.18 bits per heavy atom. The fourth-order valence-corrected chi connectivity index (χ4v) is 4.67. The van der Waals surface area contributed by atoms with Gasteiger partial charge in [-0.15, -0.1) is 0 Å². The fraction of sp³-hybridized carbons (Fsp3) is 0.375. The molecule has 2 amide bonds. The molecule has 0 aliphatic carbocycles. The number of ether oxygens (including phenoxy) is 1. The van der Waals surface area contributed by atoms with Crippen LogP contribution >= 0.6 is 11.8 Å². The second-order valence-corrected chi connectivity index (χ2v) is 8.93. The zero-order valence-electron chi connectivity index (χ0n) is 18.9. The van der Waals surface area contributed by atoms with Gasteiger partial charge < -0.3 is 10.1 Å². The molecule has 3 rings (SSSR count). The number of nitrogens with one attached hydrogen (secondary N) is 1. The van der Waals surface area contributed by atoms with Crippen molar-refractivity contribution in [1.29, 1.82) is 0 Å². The number of carbonyl (C=O) groups excluding carboxylic acids is 2. The minimum Gasteiger partial charge on any atom is -0.382 e. The second-order valence-electron chi connectivity index (χ2n) is 7.76. The summed E-state index contributed by atoms with van der Waals surface area (Å²) in [5.74, 6) is -2.37. The smallest absolute Gasteiger partial charge is 0.242 e. The predicted octanol–water partition coefficient (Wildman–Crippen LogP) is 4.97. The first-order valence-corrected chi connectivity index (χ1v) is 11.6. The van der Waals surface area contributed by atoms with E-state index in [1.807, 2.05) is 39.0 Å². The lowest BCUT2D eigenvalue weighted by Gasteiger charge is -2.16. The summed E-state index contributed by atoms with van der Waals surface area (Å²) in [7, 11) is 0. The van der Waals surface area contributed by atoms with Crippen molar-refractivity contribution in [3.05, 3.63) is 59.2 Å². The number of aliphatic imine (C=N–C) groups is 1. The predicted molar refractivity (Wildman–Crippen MR) is 127 cm³/mol. The first-order chi connectivity index (χ1) is 15.8. The molecule has 6 nitrogen and oxygen atoms in total. The van der Waals surface area contributed by atoms with Gasteiger partial charge >= 0.3 is 0 Å². The van der Waals surface area contributed by atoms with Gasteiger partial charge in [0.05, 0.1) is 11.4 Å². The molecule has 2 aromatic carbocycles. The monoisotopic (exact) mass is 475 g/mol. The first kappa shape index (κ1) is 24.9. The number of carbonyl (C=O) groups is 2. The van der Waals surface area contributed by atoms with Gasteiger partial charge in [-0.05, 0) is 62.6 Å². The van der Waals surface area contributed by atoms with Gasteiger partial charge in [0.25, 0.3) is 0 Å². The van der Waals surface area contributed by atoms with E-state index >= 15 is 0 Å². The highest BCUT2D eigenvalue weighted by Gasteiger charge is 2.39. The standard InChI is InChI=1S/C24H27F2N3O3S/c1-4-32-9-5-8-29-23(31)21(14-22(30)28-20-7-6-17(25)13-19(20)26)33-24(29)27-18-11-15(2)10-16(3)12-18/h6-7,10-13,21H,4-5,8-9,14H2,1-3H3,(H,28,30). The maximum Gasteiger partial charge on any atom is 0.242 e. The zero-order chi connectivity index (χ0) is 24.0. The van der Waals surface area contributed by atoms with Crippen LogP contribution in [0.1, 0.15) is 30.9 Å². The average molecular weight is 476 g/mol. The van der Waals surface area contributed by atoms with Crippen LogP contribution in [0.25, 0.3) is 0 Å². The van der Waals surface area contributed by atoms with Crippen LogP contribution in [0.5, 0.6) is 0 Å². The minimum atomic E-state index is -0.872. The van der Waals surface area contributed by atoms with E-state index in [1.54, 1.807) is 4.90 Å². The van der Waals surface area contributed by atoms with E-state index in [1.165, 1.54) is 11.8 Å². The molecule has 9 heteroatoms. The molecule has 1 saturated heterocycles. The molecule has 0 spiro atoms. The third-order valence-electron chi connectivity index (χ3n) is 4.90. The normalized spacial score (nSPS) is 17.1. The van der Waals surface area contributed by atoms with Gasteiger partial charge in [-0.25, -0.2) is 13.8 Å². The van der Waals surface area contributed by atoms with Gasteiger partial charge in [0, 0.05) is 32.2 Å². The molecule has 1 heterocycles. The van der Waals surface area contributed by atoms with Gasteiger partial charge in [-0.1, -0.05) is 17.8 Å². The molecule has 0 aromatic heterocycles. The van der Waals surface area contributed by atoms with Crippen LogP contribution in [0.2, 0.25) is 0 Å². The molecule has 0 saturated carbocycles. The Bertz CT molecular complexity index is 1040. The zero-order valence-corrected chi connectivity index (χ0v) is 19.7. The topological polar surface area (TPSA) is 71.0 Å². The Morgan fingerprint density at radius 2 is 1.91 bits per heavy atom. The molecule has 1 unspecified atom stereocenters. The van der Waals surface area contributed by atoms with Crippen molar-refractivity contribution in [2.45, 2.75) is 38.9 Å². The number of hydrogen-bond acceptors (Lipinski definition) is 5.